The zero-order chi connectivity index (χ0) is 12.1. The van der Waals surface area contributed by atoms with Crippen molar-refractivity contribution in [2.45, 2.75) is 12.5 Å². The standard InChI is InChI=1S/C13H19FN2O/c1-15-6-5-13-10-17-8-7-16(13)12-4-2-3-11(14)9-12/h2-4,9,13,15H,5-8,10H2,1H3. The lowest BCUT2D eigenvalue weighted by molar-refractivity contribution is 0.0917. The minimum Gasteiger partial charge on any atom is -0.377 e. The molecule has 0 saturated carbocycles. The van der Waals surface area contributed by atoms with E-state index in [1.54, 1.807) is 12.1 Å². The largest absolute Gasteiger partial charge is 0.377 e. The van der Waals surface area contributed by atoms with Gasteiger partial charge in [-0.25, -0.2) is 4.39 Å². The Balaban J connectivity index is 2.10. The van der Waals surface area contributed by atoms with Gasteiger partial charge in [0.05, 0.1) is 19.3 Å². The Bertz CT molecular complexity index is 359. The number of ether oxygens (including phenoxy) is 1. The van der Waals surface area contributed by atoms with Crippen LogP contribution < -0.4 is 10.2 Å². The van der Waals surface area contributed by atoms with E-state index in [0.717, 1.165) is 31.8 Å². The predicted molar refractivity (Wildman–Crippen MR) is 66.9 cm³/mol. The molecule has 1 atom stereocenters. The maximum Gasteiger partial charge on any atom is 0.125 e. The third kappa shape index (κ3) is 3.17. The van der Waals surface area contributed by atoms with E-state index >= 15 is 0 Å². The first kappa shape index (κ1) is 12.3. The molecule has 0 spiro atoms. The highest BCUT2D eigenvalue weighted by molar-refractivity contribution is 5.47. The van der Waals surface area contributed by atoms with Gasteiger partial charge in [-0.3, -0.25) is 0 Å². The van der Waals surface area contributed by atoms with Gasteiger partial charge < -0.3 is 15.0 Å². The molecular formula is C13H19FN2O. The molecule has 1 N–H and O–H groups in total. The molecule has 1 heterocycles. The van der Waals surface area contributed by atoms with E-state index in [-0.39, 0.29) is 5.82 Å². The van der Waals surface area contributed by atoms with Crippen LogP contribution in [-0.2, 0) is 4.74 Å². The number of nitrogens with one attached hydrogen (secondary N) is 1. The summed E-state index contributed by atoms with van der Waals surface area (Å²) in [4.78, 5) is 2.24. The first-order chi connectivity index (χ1) is 8.31. The molecule has 1 aromatic rings. The van der Waals surface area contributed by atoms with Crippen molar-refractivity contribution in [3.05, 3.63) is 30.1 Å². The second-order valence-electron chi connectivity index (χ2n) is 4.29. The lowest BCUT2D eigenvalue weighted by Crippen LogP contribution is -2.46. The van der Waals surface area contributed by atoms with Crippen LogP contribution in [0.1, 0.15) is 6.42 Å². The van der Waals surface area contributed by atoms with Crippen LogP contribution in [-0.4, -0.2) is 39.4 Å². The van der Waals surface area contributed by atoms with Crippen molar-refractivity contribution in [3.63, 3.8) is 0 Å². The Labute approximate surface area is 102 Å². The Kier molecular flexibility index (Phi) is 4.34. The fourth-order valence-corrected chi connectivity index (χ4v) is 2.20. The Morgan fingerprint density at radius 2 is 2.41 bits per heavy atom. The molecule has 2 rings (SSSR count). The van der Waals surface area contributed by atoms with Crippen LogP contribution in [0.3, 0.4) is 0 Å². The number of rotatable bonds is 4. The van der Waals surface area contributed by atoms with E-state index in [4.69, 9.17) is 4.74 Å². The Hall–Kier alpha value is -1.13. The first-order valence-electron chi connectivity index (χ1n) is 6.06. The third-order valence-electron chi connectivity index (χ3n) is 3.09. The van der Waals surface area contributed by atoms with Gasteiger partial charge in [0.15, 0.2) is 0 Å². The molecule has 0 bridgehead atoms. The fraction of sp³-hybridized carbons (Fsp3) is 0.538. The molecule has 1 saturated heterocycles. The van der Waals surface area contributed by atoms with Crippen LogP contribution in [0.4, 0.5) is 10.1 Å². The van der Waals surface area contributed by atoms with Crippen molar-refractivity contribution in [2.24, 2.45) is 0 Å². The van der Waals surface area contributed by atoms with Gasteiger partial charge in [-0.05, 0) is 38.2 Å². The van der Waals surface area contributed by atoms with Crippen molar-refractivity contribution < 1.29 is 9.13 Å². The van der Waals surface area contributed by atoms with Crippen molar-refractivity contribution in [1.29, 1.82) is 0 Å². The Morgan fingerprint density at radius 3 is 3.18 bits per heavy atom. The van der Waals surface area contributed by atoms with E-state index in [2.05, 4.69) is 10.2 Å². The summed E-state index contributed by atoms with van der Waals surface area (Å²) in [5.74, 6) is -0.179. The van der Waals surface area contributed by atoms with Crippen molar-refractivity contribution in [3.8, 4) is 0 Å². The highest BCUT2D eigenvalue weighted by Gasteiger charge is 2.22. The van der Waals surface area contributed by atoms with E-state index < -0.39 is 0 Å². The number of benzene rings is 1. The molecule has 4 heteroatoms. The molecule has 0 amide bonds. The van der Waals surface area contributed by atoms with Crippen LogP contribution in [0.25, 0.3) is 0 Å². The van der Waals surface area contributed by atoms with Gasteiger partial charge in [0.25, 0.3) is 0 Å². The number of nitrogens with zero attached hydrogens (tertiary/aromatic N) is 1. The Morgan fingerprint density at radius 1 is 1.53 bits per heavy atom. The van der Waals surface area contributed by atoms with Gasteiger partial charge >= 0.3 is 0 Å². The maximum absolute atomic E-state index is 13.2. The fourth-order valence-electron chi connectivity index (χ4n) is 2.20. The number of hydrogen-bond donors (Lipinski definition) is 1. The minimum absolute atomic E-state index is 0.179. The number of hydrogen-bond acceptors (Lipinski definition) is 3. The van der Waals surface area contributed by atoms with E-state index in [1.165, 1.54) is 6.07 Å². The van der Waals surface area contributed by atoms with Gasteiger partial charge in [0.1, 0.15) is 5.82 Å². The van der Waals surface area contributed by atoms with Gasteiger partial charge in [-0.15, -0.1) is 0 Å². The first-order valence-corrected chi connectivity index (χ1v) is 6.06. The second kappa shape index (κ2) is 5.98. The highest BCUT2D eigenvalue weighted by atomic mass is 19.1. The van der Waals surface area contributed by atoms with Gasteiger partial charge in [-0.1, -0.05) is 6.07 Å². The summed E-state index contributed by atoms with van der Waals surface area (Å²) in [6.07, 6.45) is 1.01. The number of anilines is 1. The average Bonchev–Trinajstić information content (AvgIpc) is 2.37. The topological polar surface area (TPSA) is 24.5 Å². The van der Waals surface area contributed by atoms with Crippen LogP contribution in [0, 0.1) is 5.82 Å². The lowest BCUT2D eigenvalue weighted by Gasteiger charge is -2.37. The number of morpholine rings is 1. The summed E-state index contributed by atoms with van der Waals surface area (Å²) in [5, 5.41) is 3.14. The molecule has 1 aromatic carbocycles. The molecule has 1 aliphatic rings. The molecule has 94 valence electrons. The van der Waals surface area contributed by atoms with Crippen LogP contribution >= 0.6 is 0 Å². The van der Waals surface area contributed by atoms with E-state index in [9.17, 15) is 4.39 Å². The lowest BCUT2D eigenvalue weighted by atomic mass is 10.1. The summed E-state index contributed by atoms with van der Waals surface area (Å²) in [7, 11) is 1.94. The predicted octanol–water partition coefficient (Wildman–Crippen LogP) is 1.64. The van der Waals surface area contributed by atoms with Crippen LogP contribution in [0.5, 0.6) is 0 Å². The molecule has 0 aliphatic carbocycles. The maximum atomic E-state index is 13.2. The summed E-state index contributed by atoms with van der Waals surface area (Å²) in [5.41, 5.74) is 0.953. The number of halogens is 1. The van der Waals surface area contributed by atoms with Crippen molar-refractivity contribution >= 4 is 5.69 Å². The molecule has 0 aromatic heterocycles. The van der Waals surface area contributed by atoms with Gasteiger partial charge in [-0.2, -0.15) is 0 Å². The van der Waals surface area contributed by atoms with Gasteiger partial charge in [0.2, 0.25) is 0 Å². The summed E-state index contributed by atoms with van der Waals surface area (Å²) in [6.45, 7) is 3.21. The zero-order valence-electron chi connectivity index (χ0n) is 10.2. The van der Waals surface area contributed by atoms with Gasteiger partial charge in [0, 0.05) is 12.2 Å². The smallest absolute Gasteiger partial charge is 0.125 e. The average molecular weight is 238 g/mol. The molecule has 1 aliphatic heterocycles. The highest BCUT2D eigenvalue weighted by Crippen LogP contribution is 2.21. The summed E-state index contributed by atoms with van der Waals surface area (Å²) < 4.78 is 18.7. The quantitative estimate of drug-likeness (QED) is 0.863. The van der Waals surface area contributed by atoms with Crippen LogP contribution in [0.2, 0.25) is 0 Å². The molecule has 3 nitrogen and oxygen atoms in total. The molecule has 17 heavy (non-hydrogen) atoms. The van der Waals surface area contributed by atoms with E-state index in [1.807, 2.05) is 13.1 Å². The minimum atomic E-state index is -0.179. The van der Waals surface area contributed by atoms with Crippen LogP contribution in [0.15, 0.2) is 24.3 Å². The molecule has 0 radical (unpaired) electrons. The van der Waals surface area contributed by atoms with E-state index in [0.29, 0.717) is 12.6 Å². The van der Waals surface area contributed by atoms with Crippen molar-refractivity contribution in [2.75, 3.05) is 38.3 Å². The monoisotopic (exact) mass is 238 g/mol. The molecular weight excluding hydrogens is 219 g/mol. The SMILES string of the molecule is CNCCC1COCCN1c1cccc(F)c1. The zero-order valence-corrected chi connectivity index (χ0v) is 10.2. The molecule has 1 fully saturated rings. The summed E-state index contributed by atoms with van der Waals surface area (Å²) in [6, 6.07) is 7.12. The second-order valence-corrected chi connectivity index (χ2v) is 4.29. The normalized spacial score (nSPS) is 20.6. The third-order valence-corrected chi connectivity index (χ3v) is 3.09. The molecule has 1 unspecified atom stereocenters. The van der Waals surface area contributed by atoms with Crippen molar-refractivity contribution in [1.82, 2.24) is 5.32 Å². The summed E-state index contributed by atoms with van der Waals surface area (Å²) >= 11 is 0.